The number of fused-ring (bicyclic) bond motifs is 2. The van der Waals surface area contributed by atoms with Crippen LogP contribution in [0.15, 0.2) is 0 Å². The highest BCUT2D eigenvalue weighted by Gasteiger charge is 2.65. The summed E-state index contributed by atoms with van der Waals surface area (Å²) in [5.41, 5.74) is -2.44. The molecule has 0 spiro atoms. The maximum absolute atomic E-state index is 11.0. The SMILES string of the molecule is COC(C)(C)C(C)(O)C1(C#N)CC2CCC1C2. The standard InChI is InChI=1S/C14H23NO2/c1-12(2,17-4)13(3,16)14(9-15)8-10-5-6-11(14)7-10/h10-11,16H,5-8H2,1-4H3. The smallest absolute Gasteiger partial charge is 0.109 e. The molecule has 1 N–H and O–H groups in total. The quantitative estimate of drug-likeness (QED) is 0.820. The van der Waals surface area contributed by atoms with Gasteiger partial charge in [-0.05, 0) is 51.9 Å². The predicted octanol–water partition coefficient (Wildman–Crippen LogP) is 2.49. The van der Waals surface area contributed by atoms with Gasteiger partial charge in [0.1, 0.15) is 5.60 Å². The largest absolute Gasteiger partial charge is 0.385 e. The first kappa shape index (κ1) is 12.9. The summed E-state index contributed by atoms with van der Waals surface area (Å²) in [4.78, 5) is 0. The Morgan fingerprint density at radius 2 is 2.00 bits per heavy atom. The van der Waals surface area contributed by atoms with Crippen molar-refractivity contribution in [3.8, 4) is 6.07 Å². The van der Waals surface area contributed by atoms with Crippen LogP contribution in [0, 0.1) is 28.6 Å². The van der Waals surface area contributed by atoms with Crippen molar-refractivity contribution in [1.82, 2.24) is 0 Å². The van der Waals surface area contributed by atoms with Crippen LogP contribution >= 0.6 is 0 Å². The Balaban J connectivity index is 2.40. The van der Waals surface area contributed by atoms with Crippen molar-refractivity contribution < 1.29 is 9.84 Å². The summed E-state index contributed by atoms with van der Waals surface area (Å²) in [6, 6.07) is 2.46. The van der Waals surface area contributed by atoms with Gasteiger partial charge in [0.15, 0.2) is 0 Å². The maximum Gasteiger partial charge on any atom is 0.109 e. The minimum absolute atomic E-state index is 0.335. The van der Waals surface area contributed by atoms with Gasteiger partial charge in [0.2, 0.25) is 0 Å². The zero-order chi connectivity index (χ0) is 12.9. The van der Waals surface area contributed by atoms with E-state index in [1.165, 1.54) is 6.42 Å². The number of hydrogen-bond acceptors (Lipinski definition) is 3. The number of aliphatic hydroxyl groups is 1. The summed E-state index contributed by atoms with van der Waals surface area (Å²) in [6.07, 6.45) is 4.23. The van der Waals surface area contributed by atoms with Gasteiger partial charge in [0, 0.05) is 7.11 Å². The molecule has 2 fully saturated rings. The number of ether oxygens (including phenoxy) is 1. The first-order chi connectivity index (χ1) is 7.80. The van der Waals surface area contributed by atoms with Crippen LogP contribution < -0.4 is 0 Å². The van der Waals surface area contributed by atoms with Crippen LogP contribution in [-0.2, 0) is 4.74 Å². The molecule has 0 aromatic rings. The first-order valence-electron chi connectivity index (χ1n) is 6.49. The summed E-state index contributed by atoms with van der Waals surface area (Å²) in [6.45, 7) is 5.52. The second-order valence-electron chi connectivity index (χ2n) is 6.45. The van der Waals surface area contributed by atoms with Crippen molar-refractivity contribution >= 4 is 0 Å². The monoisotopic (exact) mass is 237 g/mol. The molecule has 96 valence electrons. The normalized spacial score (nSPS) is 40.0. The fourth-order valence-electron chi connectivity index (χ4n) is 3.91. The fraction of sp³-hybridized carbons (Fsp3) is 0.929. The third-order valence-electron chi connectivity index (χ3n) is 5.60. The van der Waals surface area contributed by atoms with Crippen molar-refractivity contribution in [2.24, 2.45) is 17.3 Å². The lowest BCUT2D eigenvalue weighted by atomic mass is 9.59. The van der Waals surface area contributed by atoms with Gasteiger partial charge in [-0.15, -0.1) is 0 Å². The van der Waals surface area contributed by atoms with Crippen LogP contribution in [0.4, 0.5) is 0 Å². The Labute approximate surface area is 104 Å². The van der Waals surface area contributed by atoms with Crippen molar-refractivity contribution in [3.05, 3.63) is 0 Å². The highest BCUT2D eigenvalue weighted by Crippen LogP contribution is 2.62. The third-order valence-corrected chi connectivity index (χ3v) is 5.60. The van der Waals surface area contributed by atoms with Gasteiger partial charge in [-0.3, -0.25) is 0 Å². The van der Waals surface area contributed by atoms with Crippen LogP contribution in [0.3, 0.4) is 0 Å². The number of rotatable bonds is 3. The van der Waals surface area contributed by atoms with Crippen molar-refractivity contribution in [3.63, 3.8) is 0 Å². The molecule has 2 rings (SSSR count). The number of nitrogens with zero attached hydrogens (tertiary/aromatic N) is 1. The molecule has 0 saturated heterocycles. The lowest BCUT2D eigenvalue weighted by Crippen LogP contribution is -2.61. The summed E-state index contributed by atoms with van der Waals surface area (Å²) in [5, 5.41) is 20.6. The van der Waals surface area contributed by atoms with E-state index in [2.05, 4.69) is 6.07 Å². The van der Waals surface area contributed by atoms with E-state index in [1.54, 1.807) is 14.0 Å². The second-order valence-corrected chi connectivity index (χ2v) is 6.45. The third kappa shape index (κ3) is 1.47. The first-order valence-corrected chi connectivity index (χ1v) is 6.49. The van der Waals surface area contributed by atoms with Crippen molar-refractivity contribution in [2.75, 3.05) is 7.11 Å². The number of hydrogen-bond donors (Lipinski definition) is 1. The molecule has 3 nitrogen and oxygen atoms in total. The molecule has 0 aromatic heterocycles. The van der Waals surface area contributed by atoms with Gasteiger partial charge >= 0.3 is 0 Å². The molecule has 0 radical (unpaired) electrons. The maximum atomic E-state index is 11.0. The molecule has 2 bridgehead atoms. The predicted molar refractivity (Wildman–Crippen MR) is 65.2 cm³/mol. The van der Waals surface area contributed by atoms with E-state index in [-0.39, 0.29) is 0 Å². The van der Waals surface area contributed by atoms with Crippen molar-refractivity contribution in [1.29, 1.82) is 5.26 Å². The number of nitriles is 1. The van der Waals surface area contributed by atoms with Gasteiger partial charge in [0.25, 0.3) is 0 Å². The Morgan fingerprint density at radius 1 is 1.35 bits per heavy atom. The summed E-state index contributed by atoms with van der Waals surface area (Å²) < 4.78 is 5.45. The van der Waals surface area contributed by atoms with E-state index in [0.717, 1.165) is 19.3 Å². The summed E-state index contributed by atoms with van der Waals surface area (Å²) in [7, 11) is 1.60. The molecule has 2 aliphatic rings. The molecule has 0 aliphatic heterocycles. The van der Waals surface area contributed by atoms with E-state index in [0.29, 0.717) is 11.8 Å². The van der Waals surface area contributed by atoms with E-state index < -0.39 is 16.6 Å². The molecule has 4 atom stereocenters. The highest BCUT2D eigenvalue weighted by molar-refractivity contribution is 5.22. The molecular formula is C14H23NO2. The number of methoxy groups -OCH3 is 1. The van der Waals surface area contributed by atoms with E-state index in [4.69, 9.17) is 4.74 Å². The van der Waals surface area contributed by atoms with E-state index in [9.17, 15) is 10.4 Å². The topological polar surface area (TPSA) is 53.2 Å². The average Bonchev–Trinajstić information content (AvgIpc) is 2.88. The van der Waals surface area contributed by atoms with Crippen LogP contribution in [0.5, 0.6) is 0 Å². The highest BCUT2D eigenvalue weighted by atomic mass is 16.5. The minimum atomic E-state index is -1.11. The Kier molecular flexibility index (Phi) is 2.80. The molecular weight excluding hydrogens is 214 g/mol. The molecule has 0 aromatic carbocycles. The minimum Gasteiger partial charge on any atom is -0.385 e. The second kappa shape index (κ2) is 3.70. The fourth-order valence-corrected chi connectivity index (χ4v) is 3.91. The van der Waals surface area contributed by atoms with Gasteiger partial charge in [-0.2, -0.15) is 5.26 Å². The van der Waals surface area contributed by atoms with Crippen molar-refractivity contribution in [2.45, 2.75) is 57.7 Å². The molecule has 0 heterocycles. The van der Waals surface area contributed by atoms with Crippen LogP contribution in [-0.4, -0.2) is 23.4 Å². The van der Waals surface area contributed by atoms with Gasteiger partial charge in [-0.1, -0.05) is 6.42 Å². The van der Waals surface area contributed by atoms with Crippen LogP contribution in [0.1, 0.15) is 46.5 Å². The van der Waals surface area contributed by atoms with Gasteiger partial charge in [0.05, 0.1) is 17.1 Å². The van der Waals surface area contributed by atoms with Crippen LogP contribution in [0.2, 0.25) is 0 Å². The van der Waals surface area contributed by atoms with Gasteiger partial charge in [-0.25, -0.2) is 0 Å². The molecule has 0 amide bonds. The Hall–Kier alpha value is -0.590. The van der Waals surface area contributed by atoms with Gasteiger partial charge < -0.3 is 9.84 Å². The Bertz CT molecular complexity index is 356. The Morgan fingerprint density at radius 3 is 2.35 bits per heavy atom. The molecule has 2 saturated carbocycles. The van der Waals surface area contributed by atoms with Crippen LogP contribution in [0.25, 0.3) is 0 Å². The average molecular weight is 237 g/mol. The van der Waals surface area contributed by atoms with E-state index >= 15 is 0 Å². The zero-order valence-corrected chi connectivity index (χ0v) is 11.3. The summed E-state index contributed by atoms with van der Waals surface area (Å²) in [5.74, 6) is 0.959. The summed E-state index contributed by atoms with van der Waals surface area (Å²) >= 11 is 0. The molecule has 4 unspecified atom stereocenters. The lowest BCUT2D eigenvalue weighted by molar-refractivity contribution is -0.199. The molecule has 17 heavy (non-hydrogen) atoms. The zero-order valence-electron chi connectivity index (χ0n) is 11.3. The molecule has 2 aliphatic carbocycles. The van der Waals surface area contributed by atoms with E-state index in [1.807, 2.05) is 13.8 Å². The molecule has 3 heteroatoms. The lowest BCUT2D eigenvalue weighted by Gasteiger charge is -2.51.